The van der Waals surface area contributed by atoms with E-state index < -0.39 is 0 Å². The van der Waals surface area contributed by atoms with Crippen molar-refractivity contribution in [3.05, 3.63) is 217 Å². The number of H-pyrrole nitrogens is 2. The Hall–Kier alpha value is -7.68. The largest absolute Gasteiger partial charge is 0.354 e. The van der Waals surface area contributed by atoms with Gasteiger partial charge in [-0.05, 0) is 155 Å². The Morgan fingerprint density at radius 1 is 0.397 bits per heavy atom. The summed E-state index contributed by atoms with van der Waals surface area (Å²) < 4.78 is 0. The average molecular weight is 999 g/mol. The van der Waals surface area contributed by atoms with Crippen molar-refractivity contribution in [2.45, 2.75) is 55.4 Å². The molecule has 0 radical (unpaired) electrons. The second-order valence-electron chi connectivity index (χ2n) is 19.9. The standard InChI is InChI=1S/C66H54N4S3/c1-37-23-38(2)28-47(27-37)61-51-15-16-52(67-51)62(48-29-39(3)24-40(4)30-48)54-19-20-56(69-54)64(50-33-43(7)26-44(8)34-50)65-45(13-14-46-36-60(58-11-9-21-71-58)73-66(46)59-12-10-22-72-59)35-57(70-65)63(55-18-17-53(61)68-55)49-31-41(5)25-42(6)32-49/h9-36,68-69H,1-8H3/b14-13+,61-51?,61-53?,62-52?,62-54?,63-55?,63-57?,64-56?,65-64?. The van der Waals surface area contributed by atoms with Gasteiger partial charge in [0.25, 0.3) is 0 Å². The van der Waals surface area contributed by atoms with E-state index in [0.29, 0.717) is 0 Å². The quantitative estimate of drug-likeness (QED) is 0.159. The SMILES string of the molecule is Cc1cc(C)cc(-c2c3nc(c(-c4cc(C)cc(C)c4)c4ccc([nH]4)c(-c4cc(C)cc(C)c4)c4nc(c(-c5cc(C)cc(C)c5)c5ccc2[nH]5)C=C4/C=C/c2cc(-c4cccs4)sc2-c2cccs2)C=C3)c1. The van der Waals surface area contributed by atoms with E-state index in [2.05, 4.69) is 234 Å². The number of aromatic amines is 2. The van der Waals surface area contributed by atoms with Crippen molar-refractivity contribution >= 4 is 86.0 Å². The average Bonchev–Trinajstić information content (AvgIpc) is 4.18. The third-order valence-electron chi connectivity index (χ3n) is 13.6. The number of allylic oxidation sites excluding steroid dienone is 2. The van der Waals surface area contributed by atoms with Crippen LogP contribution in [0.5, 0.6) is 0 Å². The van der Waals surface area contributed by atoms with E-state index in [4.69, 9.17) is 9.97 Å². The molecule has 0 aliphatic carbocycles. The number of fused-ring (bicyclic) bond motifs is 8. The summed E-state index contributed by atoms with van der Waals surface area (Å²) in [5.74, 6) is 0. The number of aryl methyl sites for hydroxylation is 8. The van der Waals surface area contributed by atoms with Gasteiger partial charge in [0, 0.05) is 64.5 Å². The van der Waals surface area contributed by atoms with Crippen LogP contribution in [0.15, 0.2) is 144 Å². The minimum Gasteiger partial charge on any atom is -0.354 e. The van der Waals surface area contributed by atoms with Crippen molar-refractivity contribution in [1.29, 1.82) is 0 Å². The van der Waals surface area contributed by atoms with Gasteiger partial charge in [-0.1, -0.05) is 142 Å². The fourth-order valence-corrected chi connectivity index (χ4v) is 13.8. The van der Waals surface area contributed by atoms with Gasteiger partial charge in [0.2, 0.25) is 0 Å². The zero-order chi connectivity index (χ0) is 50.1. The van der Waals surface area contributed by atoms with Gasteiger partial charge in [-0.15, -0.1) is 34.0 Å². The van der Waals surface area contributed by atoms with Crippen molar-refractivity contribution in [1.82, 2.24) is 19.9 Å². The maximum atomic E-state index is 5.90. The molecule has 4 aromatic carbocycles. The molecule has 0 saturated carbocycles. The van der Waals surface area contributed by atoms with E-state index in [-0.39, 0.29) is 0 Å². The molecule has 2 N–H and O–H groups in total. The molecule has 6 aromatic heterocycles. The fraction of sp³-hybridized carbons (Fsp3) is 0.121. The summed E-state index contributed by atoms with van der Waals surface area (Å²) in [6.45, 7) is 17.5. The molecule has 2 aliphatic rings. The summed E-state index contributed by atoms with van der Waals surface area (Å²) in [5, 5.41) is 4.33. The molecule has 10 aromatic rings. The van der Waals surface area contributed by atoms with Crippen molar-refractivity contribution in [2.75, 3.05) is 0 Å². The van der Waals surface area contributed by atoms with Gasteiger partial charge in [0.1, 0.15) is 0 Å². The number of hydrogen-bond donors (Lipinski definition) is 2. The lowest BCUT2D eigenvalue weighted by molar-refractivity contribution is 1.29. The van der Waals surface area contributed by atoms with Crippen LogP contribution >= 0.6 is 34.0 Å². The number of benzene rings is 4. The molecular formula is C66H54N4S3. The summed E-state index contributed by atoms with van der Waals surface area (Å²) in [6.07, 6.45) is 11.3. The second kappa shape index (κ2) is 18.7. The lowest BCUT2D eigenvalue weighted by Gasteiger charge is -2.10. The Balaban J connectivity index is 1.25. The van der Waals surface area contributed by atoms with E-state index in [1.54, 1.807) is 22.7 Å². The molecule has 0 unspecified atom stereocenters. The van der Waals surface area contributed by atoms with Crippen LogP contribution in [-0.4, -0.2) is 19.9 Å². The molecule has 0 atom stereocenters. The van der Waals surface area contributed by atoms with Crippen LogP contribution in [0.3, 0.4) is 0 Å². The predicted molar refractivity (Wildman–Crippen MR) is 317 cm³/mol. The maximum absolute atomic E-state index is 5.90. The summed E-state index contributed by atoms with van der Waals surface area (Å²) >= 11 is 5.43. The highest BCUT2D eigenvalue weighted by Crippen LogP contribution is 2.45. The first kappa shape index (κ1) is 46.4. The van der Waals surface area contributed by atoms with E-state index in [0.717, 1.165) is 94.9 Å². The van der Waals surface area contributed by atoms with Crippen LogP contribution < -0.4 is 0 Å². The Bertz CT molecular complexity index is 4030. The van der Waals surface area contributed by atoms with Crippen molar-refractivity contribution in [3.8, 4) is 64.0 Å². The van der Waals surface area contributed by atoms with Gasteiger partial charge in [0.05, 0.1) is 27.7 Å². The highest BCUT2D eigenvalue weighted by Gasteiger charge is 2.23. The van der Waals surface area contributed by atoms with Gasteiger partial charge in [-0.2, -0.15) is 0 Å². The molecule has 0 fully saturated rings. The smallest absolute Gasteiger partial charge is 0.0809 e. The minimum absolute atomic E-state index is 0.890. The van der Waals surface area contributed by atoms with Crippen molar-refractivity contribution in [2.24, 2.45) is 0 Å². The van der Waals surface area contributed by atoms with Gasteiger partial charge < -0.3 is 9.97 Å². The van der Waals surface area contributed by atoms with Crippen molar-refractivity contribution < 1.29 is 0 Å². The predicted octanol–water partition coefficient (Wildman–Crippen LogP) is 19.4. The van der Waals surface area contributed by atoms with Crippen molar-refractivity contribution in [3.63, 3.8) is 0 Å². The zero-order valence-electron chi connectivity index (χ0n) is 42.3. The summed E-state index contributed by atoms with van der Waals surface area (Å²) in [4.78, 5) is 24.6. The Morgan fingerprint density at radius 2 is 0.808 bits per heavy atom. The first-order chi connectivity index (χ1) is 35.4. The van der Waals surface area contributed by atoms with Crippen LogP contribution in [0.4, 0.5) is 0 Å². The molecule has 12 rings (SSSR count). The highest BCUT2D eigenvalue weighted by atomic mass is 32.1. The number of thiophene rings is 3. The van der Waals surface area contributed by atoms with E-state index in [1.807, 2.05) is 11.3 Å². The molecule has 0 saturated heterocycles. The molecule has 4 nitrogen and oxygen atoms in total. The second-order valence-corrected chi connectivity index (χ2v) is 22.9. The first-order valence-corrected chi connectivity index (χ1v) is 27.4. The van der Waals surface area contributed by atoms with Gasteiger partial charge in [0.15, 0.2) is 0 Å². The van der Waals surface area contributed by atoms with Crippen LogP contribution in [0.25, 0.3) is 116 Å². The molecule has 0 spiro atoms. The number of nitrogens with zero attached hydrogens (tertiary/aromatic N) is 2. The summed E-state index contributed by atoms with van der Waals surface area (Å²) in [5.41, 5.74) is 28.0. The molecule has 8 heterocycles. The highest BCUT2D eigenvalue weighted by molar-refractivity contribution is 7.26. The third-order valence-corrected chi connectivity index (χ3v) is 16.9. The van der Waals surface area contributed by atoms with E-state index in [1.165, 1.54) is 69.6 Å². The fourth-order valence-electron chi connectivity index (χ4n) is 11.0. The Morgan fingerprint density at radius 3 is 1.25 bits per heavy atom. The monoisotopic (exact) mass is 998 g/mol. The summed E-state index contributed by atoms with van der Waals surface area (Å²) in [7, 11) is 0. The van der Waals surface area contributed by atoms with Crippen LogP contribution in [-0.2, 0) is 0 Å². The molecule has 8 bridgehead atoms. The van der Waals surface area contributed by atoms with Crippen LogP contribution in [0, 0.1) is 55.4 Å². The lowest BCUT2D eigenvalue weighted by Crippen LogP contribution is -1.92. The normalized spacial score (nSPS) is 12.4. The van der Waals surface area contributed by atoms with Gasteiger partial charge >= 0.3 is 0 Å². The number of hydrogen-bond acceptors (Lipinski definition) is 5. The number of rotatable bonds is 8. The van der Waals surface area contributed by atoms with Gasteiger partial charge in [-0.3, -0.25) is 0 Å². The lowest BCUT2D eigenvalue weighted by atomic mass is 9.96. The molecule has 0 amide bonds. The molecule has 2 aliphatic heterocycles. The Kier molecular flexibility index (Phi) is 11.9. The first-order valence-electron chi connectivity index (χ1n) is 24.8. The van der Waals surface area contributed by atoms with Crippen LogP contribution in [0.1, 0.15) is 72.8 Å². The molecule has 356 valence electrons. The topological polar surface area (TPSA) is 57.4 Å². The minimum atomic E-state index is 0.890. The van der Waals surface area contributed by atoms with E-state index in [9.17, 15) is 0 Å². The number of aromatic nitrogens is 4. The molecule has 7 heteroatoms. The Labute approximate surface area is 439 Å². The molecule has 73 heavy (non-hydrogen) atoms. The maximum Gasteiger partial charge on any atom is 0.0809 e. The molecular weight excluding hydrogens is 945 g/mol. The van der Waals surface area contributed by atoms with E-state index >= 15 is 0 Å². The third kappa shape index (κ3) is 9.03. The summed E-state index contributed by atoms with van der Waals surface area (Å²) in [6, 6.07) is 47.4. The van der Waals surface area contributed by atoms with Gasteiger partial charge in [-0.25, -0.2) is 9.97 Å². The van der Waals surface area contributed by atoms with Crippen LogP contribution in [0.2, 0.25) is 0 Å². The zero-order valence-corrected chi connectivity index (χ0v) is 44.7. The number of nitrogens with one attached hydrogen (secondary N) is 2.